The highest BCUT2D eigenvalue weighted by Gasteiger charge is 2.17. The van der Waals surface area contributed by atoms with Gasteiger partial charge in [-0.05, 0) is 12.5 Å². The van der Waals surface area contributed by atoms with E-state index in [0.29, 0.717) is 12.2 Å². The third-order valence-electron chi connectivity index (χ3n) is 3.98. The Morgan fingerprint density at radius 1 is 1.43 bits per heavy atom. The van der Waals surface area contributed by atoms with Gasteiger partial charge in [0, 0.05) is 42.8 Å². The first-order valence-electron chi connectivity index (χ1n) is 7.93. The Morgan fingerprint density at radius 2 is 2.26 bits per heavy atom. The predicted octanol–water partition coefficient (Wildman–Crippen LogP) is 2.53. The minimum Gasteiger partial charge on any atom is -0.312 e. The second-order valence-corrected chi connectivity index (χ2v) is 6.90. The van der Waals surface area contributed by atoms with Crippen molar-refractivity contribution in [1.82, 2.24) is 15.1 Å². The van der Waals surface area contributed by atoms with Gasteiger partial charge >= 0.3 is 0 Å². The minimum atomic E-state index is 0.0163. The number of thioether (sulfide) groups is 1. The van der Waals surface area contributed by atoms with Crippen LogP contribution in [0.1, 0.15) is 24.9 Å². The lowest BCUT2D eigenvalue weighted by Crippen LogP contribution is -2.39. The summed E-state index contributed by atoms with van der Waals surface area (Å²) < 4.78 is 1.87. The number of nitrogens with one attached hydrogen (secondary N) is 2. The molecular weight excluding hydrogens is 308 g/mol. The van der Waals surface area contributed by atoms with Gasteiger partial charge in [0.1, 0.15) is 0 Å². The molecule has 0 radical (unpaired) electrons. The first-order valence-corrected chi connectivity index (χ1v) is 9.09. The number of anilines is 1. The zero-order valence-electron chi connectivity index (χ0n) is 13.2. The van der Waals surface area contributed by atoms with Crippen molar-refractivity contribution < 1.29 is 4.79 Å². The summed E-state index contributed by atoms with van der Waals surface area (Å²) in [5.41, 5.74) is 1.19. The van der Waals surface area contributed by atoms with Crippen molar-refractivity contribution in [2.75, 3.05) is 23.4 Å². The second-order valence-electron chi connectivity index (χ2n) is 5.75. The van der Waals surface area contributed by atoms with Crippen LogP contribution in [0.4, 0.5) is 5.82 Å². The maximum absolute atomic E-state index is 12.1. The molecule has 0 spiro atoms. The van der Waals surface area contributed by atoms with Crippen molar-refractivity contribution in [3.8, 4) is 0 Å². The van der Waals surface area contributed by atoms with Crippen molar-refractivity contribution in [3.63, 3.8) is 0 Å². The number of hydrogen-bond donors (Lipinski definition) is 2. The van der Waals surface area contributed by atoms with Gasteiger partial charge in [-0.25, -0.2) is 0 Å². The molecule has 3 rings (SSSR count). The Kier molecular flexibility index (Phi) is 5.35. The zero-order valence-corrected chi connectivity index (χ0v) is 14.1. The molecule has 2 atom stereocenters. The van der Waals surface area contributed by atoms with Gasteiger partial charge in [0.25, 0.3) is 0 Å². The molecule has 1 aromatic heterocycles. The maximum atomic E-state index is 12.1. The van der Waals surface area contributed by atoms with Gasteiger partial charge in [-0.2, -0.15) is 16.9 Å². The summed E-state index contributed by atoms with van der Waals surface area (Å²) in [6.07, 6.45) is 2.40. The smallest absolute Gasteiger partial charge is 0.227 e. The van der Waals surface area contributed by atoms with E-state index >= 15 is 0 Å². The molecule has 1 aromatic carbocycles. The van der Waals surface area contributed by atoms with E-state index in [1.165, 1.54) is 5.56 Å². The number of benzene rings is 1. The van der Waals surface area contributed by atoms with Crippen LogP contribution < -0.4 is 10.6 Å². The van der Waals surface area contributed by atoms with Crippen LogP contribution in [0.15, 0.2) is 42.6 Å². The standard InChI is InChI=1S/C17H22N4OS/c1-13(14-5-3-2-4-6-14)21-9-7-16(20-21)19-17(22)11-15-12-23-10-8-18-15/h2-7,9,13,15,18H,8,10-12H2,1H3,(H,19,20,22)/t13-,15-/m0/s1. The van der Waals surface area contributed by atoms with E-state index in [1.54, 1.807) is 0 Å². The molecule has 1 saturated heterocycles. The fraction of sp³-hybridized carbons (Fsp3) is 0.412. The molecule has 0 unspecified atom stereocenters. The number of carbonyl (C=O) groups excluding carboxylic acids is 1. The second kappa shape index (κ2) is 7.66. The van der Waals surface area contributed by atoms with Crippen molar-refractivity contribution in [3.05, 3.63) is 48.2 Å². The Labute approximate surface area is 140 Å². The summed E-state index contributed by atoms with van der Waals surface area (Å²) in [7, 11) is 0. The highest BCUT2D eigenvalue weighted by Crippen LogP contribution is 2.18. The number of amides is 1. The van der Waals surface area contributed by atoms with Crippen molar-refractivity contribution in [1.29, 1.82) is 0 Å². The molecule has 122 valence electrons. The monoisotopic (exact) mass is 330 g/mol. The van der Waals surface area contributed by atoms with Gasteiger partial charge in [-0.3, -0.25) is 9.48 Å². The Morgan fingerprint density at radius 3 is 3.00 bits per heavy atom. The van der Waals surface area contributed by atoms with Crippen LogP contribution in [-0.4, -0.2) is 39.8 Å². The largest absolute Gasteiger partial charge is 0.312 e. The van der Waals surface area contributed by atoms with E-state index in [1.807, 2.05) is 46.9 Å². The number of hydrogen-bond acceptors (Lipinski definition) is 4. The first kappa shape index (κ1) is 16.1. The van der Waals surface area contributed by atoms with Crippen LogP contribution in [0.2, 0.25) is 0 Å². The van der Waals surface area contributed by atoms with Gasteiger partial charge in [0.2, 0.25) is 5.91 Å². The van der Waals surface area contributed by atoms with Crippen LogP contribution in [-0.2, 0) is 4.79 Å². The average molecular weight is 330 g/mol. The fourth-order valence-electron chi connectivity index (χ4n) is 2.67. The van der Waals surface area contributed by atoms with Crippen molar-refractivity contribution in [2.24, 2.45) is 0 Å². The Balaban J connectivity index is 1.57. The molecule has 23 heavy (non-hydrogen) atoms. The third kappa shape index (κ3) is 4.36. The van der Waals surface area contributed by atoms with Crippen LogP contribution in [0.3, 0.4) is 0 Å². The molecule has 5 nitrogen and oxygen atoms in total. The minimum absolute atomic E-state index is 0.0163. The summed E-state index contributed by atoms with van der Waals surface area (Å²) >= 11 is 1.89. The molecule has 1 amide bonds. The number of aromatic nitrogens is 2. The molecule has 2 heterocycles. The van der Waals surface area contributed by atoms with Gasteiger partial charge < -0.3 is 10.6 Å². The van der Waals surface area contributed by atoms with E-state index in [-0.39, 0.29) is 18.0 Å². The summed E-state index contributed by atoms with van der Waals surface area (Å²) in [4.78, 5) is 12.1. The van der Waals surface area contributed by atoms with Crippen molar-refractivity contribution >= 4 is 23.5 Å². The van der Waals surface area contributed by atoms with E-state index in [2.05, 4.69) is 34.8 Å². The van der Waals surface area contributed by atoms with Gasteiger partial charge in [0.05, 0.1) is 6.04 Å². The lowest BCUT2D eigenvalue weighted by Gasteiger charge is -2.22. The molecule has 1 aliphatic rings. The quantitative estimate of drug-likeness (QED) is 0.884. The summed E-state index contributed by atoms with van der Waals surface area (Å²) in [6.45, 7) is 3.07. The van der Waals surface area contributed by atoms with Crippen LogP contribution in [0, 0.1) is 0 Å². The average Bonchev–Trinajstić information content (AvgIpc) is 3.04. The van der Waals surface area contributed by atoms with Crippen LogP contribution in [0.5, 0.6) is 0 Å². The Bertz CT molecular complexity index is 637. The Hall–Kier alpha value is -1.79. The zero-order chi connectivity index (χ0) is 16.1. The molecule has 0 saturated carbocycles. The number of carbonyl (C=O) groups is 1. The van der Waals surface area contributed by atoms with Crippen LogP contribution >= 0.6 is 11.8 Å². The van der Waals surface area contributed by atoms with E-state index < -0.39 is 0 Å². The van der Waals surface area contributed by atoms with E-state index in [9.17, 15) is 4.79 Å². The normalized spacial score (nSPS) is 19.3. The highest BCUT2D eigenvalue weighted by atomic mass is 32.2. The van der Waals surface area contributed by atoms with Gasteiger partial charge in [-0.1, -0.05) is 30.3 Å². The number of nitrogens with zero attached hydrogens (tertiary/aromatic N) is 2. The first-order chi connectivity index (χ1) is 11.2. The molecule has 0 bridgehead atoms. The lowest BCUT2D eigenvalue weighted by atomic mass is 10.1. The molecule has 1 aliphatic heterocycles. The molecule has 1 fully saturated rings. The van der Waals surface area contributed by atoms with Crippen LogP contribution in [0.25, 0.3) is 0 Å². The van der Waals surface area contributed by atoms with Gasteiger partial charge in [-0.15, -0.1) is 0 Å². The maximum Gasteiger partial charge on any atom is 0.227 e. The van der Waals surface area contributed by atoms with Crippen molar-refractivity contribution in [2.45, 2.75) is 25.4 Å². The van der Waals surface area contributed by atoms with E-state index in [0.717, 1.165) is 18.1 Å². The summed E-state index contributed by atoms with van der Waals surface area (Å²) in [5.74, 6) is 2.75. The number of rotatable bonds is 5. The highest BCUT2D eigenvalue weighted by molar-refractivity contribution is 7.99. The van der Waals surface area contributed by atoms with Gasteiger partial charge in [0.15, 0.2) is 5.82 Å². The summed E-state index contributed by atoms with van der Waals surface area (Å²) in [6, 6.07) is 12.5. The lowest BCUT2D eigenvalue weighted by molar-refractivity contribution is -0.116. The molecule has 2 aromatic rings. The fourth-order valence-corrected chi connectivity index (χ4v) is 3.62. The molecule has 6 heteroatoms. The third-order valence-corrected chi connectivity index (χ3v) is 5.12. The molecular formula is C17H22N4OS. The van der Waals surface area contributed by atoms with E-state index in [4.69, 9.17) is 0 Å². The summed E-state index contributed by atoms with van der Waals surface area (Å²) in [5, 5.41) is 10.7. The molecule has 2 N–H and O–H groups in total. The predicted molar refractivity (Wildman–Crippen MR) is 94.8 cm³/mol. The topological polar surface area (TPSA) is 59.0 Å². The molecule has 0 aliphatic carbocycles. The SMILES string of the molecule is C[C@@H](c1ccccc1)n1ccc(NC(=O)C[C@H]2CSCCN2)n1.